The lowest BCUT2D eigenvalue weighted by atomic mass is 9.96. The van der Waals surface area contributed by atoms with Gasteiger partial charge in [0, 0.05) is 48.6 Å². The molecule has 4 rings (SSSR count). The molecule has 5 nitrogen and oxygen atoms in total. The molecule has 21 heavy (non-hydrogen) atoms. The van der Waals surface area contributed by atoms with Crippen molar-refractivity contribution in [3.63, 3.8) is 0 Å². The molecule has 0 saturated carbocycles. The van der Waals surface area contributed by atoms with Crippen molar-refractivity contribution in [2.45, 2.75) is 10.9 Å². The van der Waals surface area contributed by atoms with Crippen molar-refractivity contribution in [3.8, 4) is 0 Å². The van der Waals surface area contributed by atoms with Crippen molar-refractivity contribution < 1.29 is 12.8 Å². The Labute approximate surface area is 121 Å². The summed E-state index contributed by atoms with van der Waals surface area (Å²) in [6.45, 7) is 1.81. The largest absolute Gasteiger partial charge is 0.312 e. The van der Waals surface area contributed by atoms with Gasteiger partial charge in [-0.3, -0.25) is 4.98 Å². The van der Waals surface area contributed by atoms with Gasteiger partial charge in [0.2, 0.25) is 10.0 Å². The number of hydrogen-bond acceptors (Lipinski definition) is 4. The molecule has 1 N–H and O–H groups in total. The molecule has 2 fully saturated rings. The fourth-order valence-corrected chi connectivity index (χ4v) is 4.87. The van der Waals surface area contributed by atoms with E-state index in [0.29, 0.717) is 24.4 Å². The van der Waals surface area contributed by atoms with E-state index in [1.165, 1.54) is 16.6 Å². The second kappa shape index (κ2) is 4.46. The number of pyridine rings is 1. The quantitative estimate of drug-likeness (QED) is 0.898. The van der Waals surface area contributed by atoms with E-state index >= 15 is 0 Å². The van der Waals surface area contributed by atoms with E-state index in [2.05, 4.69) is 10.3 Å². The van der Waals surface area contributed by atoms with Gasteiger partial charge in [0.05, 0.1) is 11.1 Å². The Morgan fingerprint density at radius 2 is 2.14 bits per heavy atom. The first-order chi connectivity index (χ1) is 10.1. The lowest BCUT2D eigenvalue weighted by Crippen LogP contribution is -2.51. The van der Waals surface area contributed by atoms with E-state index in [1.807, 2.05) is 0 Å². The first-order valence-electron chi connectivity index (χ1n) is 6.83. The highest BCUT2D eigenvalue weighted by atomic mass is 32.2. The number of nitrogens with one attached hydrogen (secondary N) is 1. The molecule has 0 bridgehead atoms. The molecule has 2 atom stereocenters. The molecule has 0 spiro atoms. The van der Waals surface area contributed by atoms with E-state index in [-0.39, 0.29) is 16.3 Å². The van der Waals surface area contributed by atoms with Crippen molar-refractivity contribution >= 4 is 20.8 Å². The number of sulfonamides is 1. The van der Waals surface area contributed by atoms with Gasteiger partial charge in [0.25, 0.3) is 0 Å². The van der Waals surface area contributed by atoms with Crippen molar-refractivity contribution in [3.05, 3.63) is 36.4 Å². The molecule has 2 aliphatic heterocycles. The summed E-state index contributed by atoms with van der Waals surface area (Å²) in [6.07, 6.45) is 2.53. The Kier molecular flexibility index (Phi) is 2.79. The van der Waals surface area contributed by atoms with Crippen LogP contribution in [0.25, 0.3) is 10.8 Å². The van der Waals surface area contributed by atoms with E-state index in [1.54, 1.807) is 12.1 Å². The summed E-state index contributed by atoms with van der Waals surface area (Å²) in [4.78, 5) is 3.80. The number of nitrogens with zero attached hydrogens (tertiary/aromatic N) is 2. The Morgan fingerprint density at radius 1 is 1.29 bits per heavy atom. The minimum Gasteiger partial charge on any atom is -0.312 e. The molecule has 0 radical (unpaired) electrons. The molecule has 3 heterocycles. The first-order valence-corrected chi connectivity index (χ1v) is 8.27. The van der Waals surface area contributed by atoms with E-state index in [0.717, 1.165) is 12.7 Å². The van der Waals surface area contributed by atoms with Crippen LogP contribution in [0.4, 0.5) is 4.39 Å². The average Bonchev–Trinajstić information content (AvgIpc) is 2.74. The third-order valence-electron chi connectivity index (χ3n) is 4.37. The van der Waals surface area contributed by atoms with Crippen LogP contribution in [0.2, 0.25) is 0 Å². The van der Waals surface area contributed by atoms with Crippen LogP contribution in [-0.4, -0.2) is 43.4 Å². The Morgan fingerprint density at radius 3 is 2.81 bits per heavy atom. The normalized spacial score (nSPS) is 25.8. The van der Waals surface area contributed by atoms with Crippen molar-refractivity contribution in [2.75, 3.05) is 19.6 Å². The molecule has 2 aliphatic rings. The van der Waals surface area contributed by atoms with Gasteiger partial charge in [-0.15, -0.1) is 0 Å². The monoisotopic (exact) mass is 307 g/mol. The fourth-order valence-electron chi connectivity index (χ4n) is 3.12. The molecule has 0 aliphatic carbocycles. The second-order valence-corrected chi connectivity index (χ2v) is 7.48. The molecular weight excluding hydrogens is 293 g/mol. The Hall–Kier alpha value is -1.57. The summed E-state index contributed by atoms with van der Waals surface area (Å²) >= 11 is 0. The highest BCUT2D eigenvalue weighted by Crippen LogP contribution is 2.32. The van der Waals surface area contributed by atoms with Gasteiger partial charge in [-0.2, -0.15) is 4.31 Å². The molecule has 1 aromatic heterocycles. The highest BCUT2D eigenvalue weighted by Gasteiger charge is 2.44. The number of rotatable bonds is 2. The van der Waals surface area contributed by atoms with E-state index in [9.17, 15) is 12.8 Å². The van der Waals surface area contributed by atoms with E-state index in [4.69, 9.17) is 0 Å². The molecule has 1 aromatic carbocycles. The van der Waals surface area contributed by atoms with Crippen molar-refractivity contribution in [1.29, 1.82) is 0 Å². The summed E-state index contributed by atoms with van der Waals surface area (Å²) in [6, 6.07) is 4.99. The summed E-state index contributed by atoms with van der Waals surface area (Å²) in [5, 5.41) is 3.84. The van der Waals surface area contributed by atoms with Gasteiger partial charge in [-0.1, -0.05) is 12.1 Å². The van der Waals surface area contributed by atoms with Crippen LogP contribution in [0.5, 0.6) is 0 Å². The van der Waals surface area contributed by atoms with Gasteiger partial charge in [-0.25, -0.2) is 12.8 Å². The van der Waals surface area contributed by atoms with Gasteiger partial charge in [0.1, 0.15) is 0 Å². The van der Waals surface area contributed by atoms with E-state index < -0.39 is 15.8 Å². The third kappa shape index (κ3) is 1.88. The topological polar surface area (TPSA) is 62.3 Å². The van der Waals surface area contributed by atoms with Crippen LogP contribution < -0.4 is 5.32 Å². The number of benzene rings is 1. The molecule has 110 valence electrons. The third-order valence-corrected chi connectivity index (χ3v) is 6.24. The summed E-state index contributed by atoms with van der Waals surface area (Å²) < 4.78 is 41.2. The summed E-state index contributed by atoms with van der Waals surface area (Å²) in [5.41, 5.74) is 0. The van der Waals surface area contributed by atoms with Gasteiger partial charge in [0.15, 0.2) is 5.82 Å². The predicted octanol–water partition coefficient (Wildman–Crippen LogP) is 0.966. The predicted molar refractivity (Wildman–Crippen MR) is 75.7 cm³/mol. The molecule has 1 unspecified atom stereocenters. The van der Waals surface area contributed by atoms with Crippen LogP contribution in [0, 0.1) is 11.7 Å². The van der Waals surface area contributed by atoms with Crippen LogP contribution in [0.1, 0.15) is 0 Å². The molecule has 7 heteroatoms. The maximum atomic E-state index is 14.1. The lowest BCUT2D eigenvalue weighted by Gasteiger charge is -2.30. The zero-order valence-electron chi connectivity index (χ0n) is 11.2. The maximum Gasteiger partial charge on any atom is 0.243 e. The average molecular weight is 307 g/mol. The highest BCUT2D eigenvalue weighted by molar-refractivity contribution is 7.89. The van der Waals surface area contributed by atoms with Gasteiger partial charge >= 0.3 is 0 Å². The minimum absolute atomic E-state index is 0.0289. The van der Waals surface area contributed by atoms with Crippen LogP contribution in [-0.2, 0) is 10.0 Å². The number of fused-ring (bicyclic) bond motifs is 2. The van der Waals surface area contributed by atoms with Crippen LogP contribution in [0.15, 0.2) is 35.5 Å². The molecular formula is C14H14FN3O2S. The van der Waals surface area contributed by atoms with Crippen LogP contribution in [0.3, 0.4) is 0 Å². The fraction of sp³-hybridized carbons (Fsp3) is 0.357. The first kappa shape index (κ1) is 13.1. The Balaban J connectivity index is 1.86. The smallest absolute Gasteiger partial charge is 0.243 e. The number of hydrogen-bond donors (Lipinski definition) is 1. The molecule has 2 aromatic rings. The minimum atomic E-state index is -3.69. The van der Waals surface area contributed by atoms with Gasteiger partial charge < -0.3 is 5.32 Å². The summed E-state index contributed by atoms with van der Waals surface area (Å²) in [7, 11) is -3.69. The van der Waals surface area contributed by atoms with Crippen molar-refractivity contribution in [1.82, 2.24) is 14.6 Å². The SMILES string of the molecule is O=S(=O)(c1cccc2cncc(F)c12)N1CC2CN[C@H]2C1. The second-order valence-electron chi connectivity index (χ2n) is 5.57. The lowest BCUT2D eigenvalue weighted by molar-refractivity contribution is 0.297. The zero-order chi connectivity index (χ0) is 14.6. The Bertz CT molecular complexity index is 807. The van der Waals surface area contributed by atoms with Crippen LogP contribution >= 0.6 is 0 Å². The van der Waals surface area contributed by atoms with Gasteiger partial charge in [-0.05, 0) is 6.07 Å². The molecule has 2 saturated heterocycles. The maximum absolute atomic E-state index is 14.1. The number of halogens is 1. The number of aromatic nitrogens is 1. The summed E-state index contributed by atoms with van der Waals surface area (Å²) in [5.74, 6) is -0.228. The van der Waals surface area contributed by atoms with Crippen molar-refractivity contribution in [2.24, 2.45) is 5.92 Å². The standard InChI is InChI=1S/C14H14FN3O2S/c15-11-6-16-4-9-2-1-3-13(14(9)11)21(19,20)18-7-10-5-17-12(10)8-18/h1-4,6,10,12,17H,5,7-8H2/t10?,12-/m0/s1. The molecule has 0 amide bonds. The zero-order valence-corrected chi connectivity index (χ0v) is 12.0.